The second kappa shape index (κ2) is 5.91. The second-order valence-electron chi connectivity index (χ2n) is 5.72. The van der Waals surface area contributed by atoms with E-state index in [1.165, 1.54) is 6.92 Å². The minimum absolute atomic E-state index is 0.236. The van der Waals surface area contributed by atoms with Gasteiger partial charge in [0.05, 0.1) is 16.6 Å². The number of nitrogens with two attached hydrogens (primary N) is 1. The standard InChI is InChI=1S/C15H16N4O5/c1-6-11-9(14(21)23-7(2)12(20)18-15(16)22)5-10(8-3-4-8)17-13(11)24-19-6/h5,7-8H,3-4H2,1-2H3,(H3,16,18,20,22). The number of hydrogen-bond donors (Lipinski definition) is 2. The van der Waals surface area contributed by atoms with E-state index in [2.05, 4.69) is 10.1 Å². The molecule has 0 aromatic carbocycles. The summed E-state index contributed by atoms with van der Waals surface area (Å²) in [6, 6.07) is 0.630. The first-order chi connectivity index (χ1) is 11.4. The number of ether oxygens (including phenoxy) is 1. The molecule has 1 saturated carbocycles. The van der Waals surface area contributed by atoms with Gasteiger partial charge in [-0.25, -0.2) is 14.6 Å². The topological polar surface area (TPSA) is 137 Å². The first kappa shape index (κ1) is 15.9. The molecule has 24 heavy (non-hydrogen) atoms. The van der Waals surface area contributed by atoms with Gasteiger partial charge in [-0.15, -0.1) is 0 Å². The highest BCUT2D eigenvalue weighted by atomic mass is 16.5. The SMILES string of the molecule is Cc1noc2nc(C3CC3)cc(C(=O)OC(C)C(=O)NC(N)=O)c12. The van der Waals surface area contributed by atoms with Crippen molar-refractivity contribution >= 4 is 29.0 Å². The van der Waals surface area contributed by atoms with Crippen molar-refractivity contribution in [1.29, 1.82) is 0 Å². The molecule has 2 aromatic heterocycles. The number of fused-ring (bicyclic) bond motifs is 1. The van der Waals surface area contributed by atoms with Crippen molar-refractivity contribution in [3.8, 4) is 0 Å². The molecular formula is C15H16N4O5. The molecule has 0 radical (unpaired) electrons. The normalized spacial score (nSPS) is 15.1. The Bertz CT molecular complexity index is 840. The van der Waals surface area contributed by atoms with E-state index in [-0.39, 0.29) is 11.3 Å². The highest BCUT2D eigenvalue weighted by Crippen LogP contribution is 2.40. The zero-order valence-electron chi connectivity index (χ0n) is 13.2. The summed E-state index contributed by atoms with van der Waals surface area (Å²) < 4.78 is 10.3. The lowest BCUT2D eigenvalue weighted by Crippen LogP contribution is -2.42. The molecule has 0 bridgehead atoms. The molecule has 0 spiro atoms. The molecule has 9 heteroatoms. The summed E-state index contributed by atoms with van der Waals surface area (Å²) in [5.41, 5.74) is 6.61. The smallest absolute Gasteiger partial charge is 0.339 e. The summed E-state index contributed by atoms with van der Waals surface area (Å²) in [5, 5.41) is 6.14. The summed E-state index contributed by atoms with van der Waals surface area (Å²) in [6.45, 7) is 3.03. The molecule has 1 fully saturated rings. The highest BCUT2D eigenvalue weighted by molar-refractivity contribution is 6.04. The molecule has 1 aliphatic rings. The number of pyridine rings is 1. The number of amides is 3. The molecule has 3 amide bonds. The van der Waals surface area contributed by atoms with Gasteiger partial charge in [0, 0.05) is 11.6 Å². The number of aromatic nitrogens is 2. The van der Waals surface area contributed by atoms with Crippen molar-refractivity contribution in [2.24, 2.45) is 5.73 Å². The lowest BCUT2D eigenvalue weighted by atomic mass is 10.1. The van der Waals surface area contributed by atoms with E-state index in [4.69, 9.17) is 15.0 Å². The fraction of sp³-hybridized carbons (Fsp3) is 0.400. The number of imide groups is 1. The second-order valence-corrected chi connectivity index (χ2v) is 5.72. The molecule has 1 atom stereocenters. The Morgan fingerprint density at radius 2 is 2.12 bits per heavy atom. The van der Waals surface area contributed by atoms with Crippen LogP contribution in [0.1, 0.15) is 47.4 Å². The van der Waals surface area contributed by atoms with E-state index < -0.39 is 24.0 Å². The number of urea groups is 1. The third kappa shape index (κ3) is 3.05. The number of carbonyl (C=O) groups is 3. The predicted molar refractivity (Wildman–Crippen MR) is 81.1 cm³/mol. The van der Waals surface area contributed by atoms with E-state index in [0.29, 0.717) is 17.0 Å². The number of esters is 1. The molecule has 2 heterocycles. The van der Waals surface area contributed by atoms with Gasteiger partial charge in [0.2, 0.25) is 0 Å². The summed E-state index contributed by atoms with van der Waals surface area (Å²) >= 11 is 0. The van der Waals surface area contributed by atoms with Crippen LogP contribution in [-0.2, 0) is 9.53 Å². The monoisotopic (exact) mass is 332 g/mol. The van der Waals surface area contributed by atoms with Crippen LogP contribution in [0.15, 0.2) is 10.6 Å². The van der Waals surface area contributed by atoms with Gasteiger partial charge >= 0.3 is 12.0 Å². The van der Waals surface area contributed by atoms with Gasteiger partial charge in [0.25, 0.3) is 11.6 Å². The van der Waals surface area contributed by atoms with Gasteiger partial charge in [0.1, 0.15) is 0 Å². The molecule has 0 aliphatic heterocycles. The Hall–Kier alpha value is -2.97. The van der Waals surface area contributed by atoms with Crippen molar-refractivity contribution in [1.82, 2.24) is 15.5 Å². The maximum absolute atomic E-state index is 12.5. The largest absolute Gasteiger partial charge is 0.449 e. The lowest BCUT2D eigenvalue weighted by Gasteiger charge is -2.12. The number of primary amides is 1. The van der Waals surface area contributed by atoms with E-state index in [1.807, 2.05) is 5.32 Å². The maximum Gasteiger partial charge on any atom is 0.339 e. The molecule has 126 valence electrons. The fourth-order valence-electron chi connectivity index (χ4n) is 2.36. The predicted octanol–water partition coefficient (Wildman–Crippen LogP) is 1.15. The van der Waals surface area contributed by atoms with Crippen molar-refractivity contribution in [3.05, 3.63) is 23.0 Å². The summed E-state index contributed by atoms with van der Waals surface area (Å²) in [4.78, 5) is 39.2. The maximum atomic E-state index is 12.5. The van der Waals surface area contributed by atoms with Crippen molar-refractivity contribution < 1.29 is 23.6 Å². The third-order valence-electron chi connectivity index (χ3n) is 3.75. The van der Waals surface area contributed by atoms with Gasteiger partial charge < -0.3 is 15.0 Å². The molecular weight excluding hydrogens is 316 g/mol. The van der Waals surface area contributed by atoms with Crippen LogP contribution in [0.3, 0.4) is 0 Å². The first-order valence-electron chi connectivity index (χ1n) is 7.45. The number of nitrogens with zero attached hydrogens (tertiary/aromatic N) is 2. The summed E-state index contributed by atoms with van der Waals surface area (Å²) in [5.74, 6) is -1.23. The lowest BCUT2D eigenvalue weighted by molar-refractivity contribution is -0.127. The zero-order valence-corrected chi connectivity index (χ0v) is 13.2. The third-order valence-corrected chi connectivity index (χ3v) is 3.75. The minimum Gasteiger partial charge on any atom is -0.449 e. The Morgan fingerprint density at radius 3 is 2.75 bits per heavy atom. The number of aryl methyl sites for hydroxylation is 1. The van der Waals surface area contributed by atoms with E-state index >= 15 is 0 Å². The average molecular weight is 332 g/mol. The molecule has 1 unspecified atom stereocenters. The van der Waals surface area contributed by atoms with Crippen LogP contribution in [0.25, 0.3) is 11.1 Å². The van der Waals surface area contributed by atoms with Crippen LogP contribution in [0.4, 0.5) is 4.79 Å². The zero-order chi connectivity index (χ0) is 17.4. The minimum atomic E-state index is -1.18. The molecule has 9 nitrogen and oxygen atoms in total. The van der Waals surface area contributed by atoms with Crippen LogP contribution >= 0.6 is 0 Å². The molecule has 2 aromatic rings. The van der Waals surface area contributed by atoms with Gasteiger partial charge in [-0.1, -0.05) is 5.16 Å². The van der Waals surface area contributed by atoms with Crippen LogP contribution in [0.2, 0.25) is 0 Å². The van der Waals surface area contributed by atoms with Crippen LogP contribution in [0.5, 0.6) is 0 Å². The molecule has 1 aliphatic carbocycles. The Morgan fingerprint density at radius 1 is 1.42 bits per heavy atom. The van der Waals surface area contributed by atoms with Gasteiger partial charge in [0.15, 0.2) is 6.10 Å². The first-order valence-corrected chi connectivity index (χ1v) is 7.45. The number of nitrogens with one attached hydrogen (secondary N) is 1. The number of rotatable bonds is 4. The Kier molecular flexibility index (Phi) is 3.92. The summed E-state index contributed by atoms with van der Waals surface area (Å²) in [6.07, 6.45) is 0.812. The van der Waals surface area contributed by atoms with E-state index in [9.17, 15) is 14.4 Å². The highest BCUT2D eigenvalue weighted by Gasteiger charge is 2.30. The molecule has 3 N–H and O–H groups in total. The van der Waals surface area contributed by atoms with Gasteiger partial charge in [-0.2, -0.15) is 0 Å². The average Bonchev–Trinajstić information content (AvgIpc) is 3.30. The van der Waals surface area contributed by atoms with Crippen molar-refractivity contribution in [2.45, 2.75) is 38.7 Å². The molecule has 3 rings (SSSR count). The quantitative estimate of drug-likeness (QED) is 0.801. The van der Waals surface area contributed by atoms with Gasteiger partial charge in [-0.3, -0.25) is 10.1 Å². The van der Waals surface area contributed by atoms with Crippen molar-refractivity contribution in [2.75, 3.05) is 0 Å². The van der Waals surface area contributed by atoms with Crippen molar-refractivity contribution in [3.63, 3.8) is 0 Å². The van der Waals surface area contributed by atoms with Crippen LogP contribution < -0.4 is 11.1 Å². The Labute approximate surface area is 136 Å². The van der Waals surface area contributed by atoms with E-state index in [1.54, 1.807) is 13.0 Å². The Balaban J connectivity index is 1.89. The van der Waals surface area contributed by atoms with E-state index in [0.717, 1.165) is 18.5 Å². The van der Waals surface area contributed by atoms with Crippen LogP contribution in [0, 0.1) is 6.92 Å². The number of carbonyl (C=O) groups excluding carboxylic acids is 3. The van der Waals surface area contributed by atoms with Crippen LogP contribution in [-0.4, -0.2) is 34.2 Å². The number of hydrogen-bond acceptors (Lipinski definition) is 7. The molecule has 0 saturated heterocycles. The van der Waals surface area contributed by atoms with Gasteiger partial charge in [-0.05, 0) is 32.8 Å². The summed E-state index contributed by atoms with van der Waals surface area (Å²) in [7, 11) is 0. The fourth-order valence-corrected chi connectivity index (χ4v) is 2.36.